The van der Waals surface area contributed by atoms with Gasteiger partial charge in [-0.05, 0) is 36.4 Å². The molecule has 7 nitrogen and oxygen atoms in total. The van der Waals surface area contributed by atoms with Gasteiger partial charge in [0.25, 0.3) is 5.56 Å². The molecule has 160 valence electrons. The van der Waals surface area contributed by atoms with Crippen LogP contribution in [0.3, 0.4) is 0 Å². The molecule has 2 heterocycles. The predicted octanol–water partition coefficient (Wildman–Crippen LogP) is 4.72. The minimum Gasteiger partial charge on any atom is -0.406 e. The van der Waals surface area contributed by atoms with E-state index in [1.807, 2.05) is 6.07 Å². The topological polar surface area (TPSA) is 81.9 Å². The Kier molecular flexibility index (Phi) is 5.83. The average molecular weight is 465 g/mol. The van der Waals surface area contributed by atoms with Gasteiger partial charge in [0.05, 0.1) is 16.7 Å². The first-order chi connectivity index (χ1) is 14.8. The second-order valence-electron chi connectivity index (χ2n) is 6.27. The van der Waals surface area contributed by atoms with Crippen molar-refractivity contribution in [2.24, 2.45) is 7.05 Å². The molecule has 2 aromatic heterocycles. The van der Waals surface area contributed by atoms with Gasteiger partial charge in [0.1, 0.15) is 11.6 Å². The summed E-state index contributed by atoms with van der Waals surface area (Å²) < 4.78 is 42.7. The number of thioether (sulfide) groups is 1. The SMILES string of the molecule is Cn1c(CSc2nnc(Nc3ccc(OC(F)(F)F)cc3)s2)nc2ccccc2c1=O. The molecule has 0 bridgehead atoms. The first-order valence-corrected chi connectivity index (χ1v) is 10.6. The maximum Gasteiger partial charge on any atom is 0.573 e. The van der Waals surface area contributed by atoms with Crippen molar-refractivity contribution in [3.8, 4) is 5.75 Å². The van der Waals surface area contributed by atoms with Crippen LogP contribution in [0.5, 0.6) is 5.75 Å². The third-order valence-corrected chi connectivity index (χ3v) is 6.11. The van der Waals surface area contributed by atoms with Crippen molar-refractivity contribution >= 4 is 44.8 Å². The van der Waals surface area contributed by atoms with Gasteiger partial charge in [-0.15, -0.1) is 23.4 Å². The number of hydrogen-bond donors (Lipinski definition) is 1. The lowest BCUT2D eigenvalue weighted by Gasteiger charge is -2.09. The first-order valence-electron chi connectivity index (χ1n) is 8.82. The maximum atomic E-state index is 12.5. The molecule has 0 unspecified atom stereocenters. The molecule has 31 heavy (non-hydrogen) atoms. The van der Waals surface area contributed by atoms with Crippen LogP contribution in [0.15, 0.2) is 57.7 Å². The van der Waals surface area contributed by atoms with Crippen molar-refractivity contribution in [1.29, 1.82) is 0 Å². The van der Waals surface area contributed by atoms with E-state index in [2.05, 4.69) is 25.2 Å². The Morgan fingerprint density at radius 1 is 1.13 bits per heavy atom. The van der Waals surface area contributed by atoms with Crippen LogP contribution in [0.25, 0.3) is 10.9 Å². The van der Waals surface area contributed by atoms with Gasteiger partial charge in [0.15, 0.2) is 4.34 Å². The largest absolute Gasteiger partial charge is 0.573 e. The van der Waals surface area contributed by atoms with Crippen molar-refractivity contribution in [2.45, 2.75) is 16.5 Å². The number of ether oxygens (including phenoxy) is 1. The van der Waals surface area contributed by atoms with Gasteiger partial charge in [-0.1, -0.05) is 35.2 Å². The molecule has 0 amide bonds. The van der Waals surface area contributed by atoms with Crippen molar-refractivity contribution in [3.05, 3.63) is 64.7 Å². The molecule has 0 spiro atoms. The van der Waals surface area contributed by atoms with Gasteiger partial charge in [-0.2, -0.15) is 0 Å². The molecule has 0 aliphatic heterocycles. The van der Waals surface area contributed by atoms with Crippen molar-refractivity contribution in [2.75, 3.05) is 5.32 Å². The Hall–Kier alpha value is -3.12. The zero-order valence-electron chi connectivity index (χ0n) is 15.9. The van der Waals surface area contributed by atoms with Crippen molar-refractivity contribution in [3.63, 3.8) is 0 Å². The second kappa shape index (κ2) is 8.55. The van der Waals surface area contributed by atoms with E-state index in [4.69, 9.17) is 0 Å². The van der Waals surface area contributed by atoms with E-state index in [0.29, 0.717) is 37.6 Å². The van der Waals surface area contributed by atoms with Gasteiger partial charge in [-0.3, -0.25) is 9.36 Å². The second-order valence-corrected chi connectivity index (χ2v) is 8.47. The van der Waals surface area contributed by atoms with E-state index in [1.165, 1.54) is 51.9 Å². The molecule has 0 atom stereocenters. The van der Waals surface area contributed by atoms with Crippen molar-refractivity contribution in [1.82, 2.24) is 19.7 Å². The number of aromatic nitrogens is 4. The Morgan fingerprint density at radius 3 is 2.61 bits per heavy atom. The van der Waals surface area contributed by atoms with Gasteiger partial charge in [-0.25, -0.2) is 4.98 Å². The smallest absolute Gasteiger partial charge is 0.406 e. The molecule has 0 radical (unpaired) electrons. The summed E-state index contributed by atoms with van der Waals surface area (Å²) in [6, 6.07) is 12.5. The highest BCUT2D eigenvalue weighted by Crippen LogP contribution is 2.30. The number of benzene rings is 2. The zero-order valence-corrected chi connectivity index (χ0v) is 17.5. The highest BCUT2D eigenvalue weighted by molar-refractivity contribution is 8.00. The lowest BCUT2D eigenvalue weighted by atomic mass is 10.2. The van der Waals surface area contributed by atoms with Gasteiger partial charge in [0.2, 0.25) is 5.13 Å². The minimum absolute atomic E-state index is 0.112. The lowest BCUT2D eigenvalue weighted by molar-refractivity contribution is -0.274. The number of alkyl halides is 3. The molecule has 1 N–H and O–H groups in total. The van der Waals surface area contributed by atoms with Gasteiger partial charge >= 0.3 is 6.36 Å². The molecular formula is C19H14F3N5O2S2. The van der Waals surface area contributed by atoms with Crippen LogP contribution in [0.2, 0.25) is 0 Å². The predicted molar refractivity (Wildman–Crippen MR) is 113 cm³/mol. The fraction of sp³-hybridized carbons (Fsp3) is 0.158. The van der Waals surface area contributed by atoms with Crippen LogP contribution >= 0.6 is 23.1 Å². The van der Waals surface area contributed by atoms with Crippen LogP contribution in [-0.2, 0) is 12.8 Å². The number of fused-ring (bicyclic) bond motifs is 1. The summed E-state index contributed by atoms with van der Waals surface area (Å²) in [4.78, 5) is 17.0. The number of rotatable bonds is 6. The highest BCUT2D eigenvalue weighted by atomic mass is 32.2. The molecule has 0 saturated carbocycles. The Balaban J connectivity index is 1.41. The molecule has 0 aliphatic rings. The zero-order chi connectivity index (χ0) is 22.0. The van der Waals surface area contributed by atoms with E-state index in [9.17, 15) is 18.0 Å². The molecule has 12 heteroatoms. The normalized spacial score (nSPS) is 11.6. The van der Waals surface area contributed by atoms with Gasteiger partial charge in [0, 0.05) is 12.7 Å². The Labute approximate surface area is 181 Å². The minimum atomic E-state index is -4.73. The summed E-state index contributed by atoms with van der Waals surface area (Å²) in [5, 5.41) is 12.1. The van der Waals surface area contributed by atoms with Crippen LogP contribution < -0.4 is 15.6 Å². The molecule has 2 aromatic carbocycles. The molecule has 4 rings (SSSR count). The molecule has 0 saturated heterocycles. The Morgan fingerprint density at radius 2 is 1.87 bits per heavy atom. The third kappa shape index (κ3) is 5.14. The van der Waals surface area contributed by atoms with E-state index < -0.39 is 6.36 Å². The summed E-state index contributed by atoms with van der Waals surface area (Å²) in [6.45, 7) is 0. The fourth-order valence-corrected chi connectivity index (χ4v) is 4.46. The average Bonchev–Trinajstić information content (AvgIpc) is 3.17. The summed E-state index contributed by atoms with van der Waals surface area (Å²) in [6.07, 6.45) is -4.73. The number of anilines is 2. The van der Waals surface area contributed by atoms with Crippen LogP contribution in [0, 0.1) is 0 Å². The van der Waals surface area contributed by atoms with Crippen molar-refractivity contribution < 1.29 is 17.9 Å². The number of nitrogens with one attached hydrogen (secondary N) is 1. The van der Waals surface area contributed by atoms with Gasteiger partial charge < -0.3 is 10.1 Å². The van der Waals surface area contributed by atoms with Crippen LogP contribution in [0.4, 0.5) is 24.0 Å². The standard InChI is InChI=1S/C19H14F3N5O2S2/c1-27-15(24-14-5-3-2-4-13(14)16(27)28)10-30-18-26-25-17(31-18)23-11-6-8-12(9-7-11)29-19(20,21)22/h2-9H,10H2,1H3,(H,23,25). The van der Waals surface area contributed by atoms with Crippen LogP contribution in [-0.4, -0.2) is 26.1 Å². The molecule has 0 aliphatic carbocycles. The number of para-hydroxylation sites is 1. The third-order valence-electron chi connectivity index (χ3n) is 4.15. The number of nitrogens with zero attached hydrogens (tertiary/aromatic N) is 4. The Bertz CT molecular complexity index is 1270. The summed E-state index contributed by atoms with van der Waals surface area (Å²) in [5.41, 5.74) is 1.07. The molecular weight excluding hydrogens is 451 g/mol. The van der Waals surface area contributed by atoms with E-state index in [1.54, 1.807) is 25.2 Å². The summed E-state index contributed by atoms with van der Waals surface area (Å²) in [7, 11) is 1.68. The summed E-state index contributed by atoms with van der Waals surface area (Å²) in [5.74, 6) is 0.730. The molecule has 0 fully saturated rings. The molecule has 4 aromatic rings. The number of hydrogen-bond acceptors (Lipinski definition) is 8. The monoisotopic (exact) mass is 465 g/mol. The fourth-order valence-electron chi connectivity index (χ4n) is 2.70. The first kappa shape index (κ1) is 21.1. The number of halogens is 3. The quantitative estimate of drug-likeness (QED) is 0.413. The van der Waals surface area contributed by atoms with Crippen LogP contribution in [0.1, 0.15) is 5.82 Å². The summed E-state index contributed by atoms with van der Waals surface area (Å²) >= 11 is 2.66. The van der Waals surface area contributed by atoms with E-state index >= 15 is 0 Å². The lowest BCUT2D eigenvalue weighted by Crippen LogP contribution is -2.21. The van der Waals surface area contributed by atoms with E-state index in [-0.39, 0.29) is 11.3 Å². The maximum absolute atomic E-state index is 12.5. The highest BCUT2D eigenvalue weighted by Gasteiger charge is 2.30. The van der Waals surface area contributed by atoms with E-state index in [0.717, 1.165) is 0 Å².